The third-order valence-corrected chi connectivity index (χ3v) is 11.4. The minimum Gasteiger partial charge on any atom is -0.404 e. The Morgan fingerprint density at radius 3 is 2.26 bits per heavy atom. The lowest BCUT2D eigenvalue weighted by atomic mass is 9.43. The van der Waals surface area contributed by atoms with Crippen molar-refractivity contribution in [3.8, 4) is 0 Å². The van der Waals surface area contributed by atoms with Gasteiger partial charge in [-0.2, -0.15) is 0 Å². The van der Waals surface area contributed by atoms with Crippen LogP contribution in [0.4, 0.5) is 0 Å². The maximum absolute atomic E-state index is 13.9. The van der Waals surface area contributed by atoms with Crippen molar-refractivity contribution >= 4 is 18.9 Å². The van der Waals surface area contributed by atoms with Gasteiger partial charge in [-0.3, -0.25) is 14.9 Å². The molecule has 2 bridgehead atoms. The molecule has 2 aliphatic heterocycles. The molecule has 12 nitrogen and oxygen atoms in total. The van der Waals surface area contributed by atoms with Crippen LogP contribution in [0, 0.1) is 33.3 Å². The highest BCUT2D eigenvalue weighted by molar-refractivity contribution is 6.48. The number of hydrogen-bond acceptors (Lipinski definition) is 8. The molecule has 0 spiro atoms. The highest BCUT2D eigenvalue weighted by atomic mass is 16.7. The van der Waals surface area contributed by atoms with E-state index in [0.29, 0.717) is 50.0 Å². The molecule has 2 amide bonds. The van der Waals surface area contributed by atoms with E-state index in [1.54, 1.807) is 0 Å². The minimum absolute atomic E-state index is 0.0215. The molecule has 5 rings (SSSR count). The lowest BCUT2D eigenvalue weighted by Gasteiger charge is -2.64. The number of nitrogens with one attached hydrogen (secondary N) is 4. The number of carbonyl (C=O) groups excluding carboxylic acids is 2. The fourth-order valence-corrected chi connectivity index (χ4v) is 8.32. The number of nitrogens with zero attached hydrogens (tertiary/aromatic N) is 2. The average molecular weight is 663 g/mol. The Morgan fingerprint density at radius 2 is 1.66 bits per heavy atom. The first kappa shape index (κ1) is 37.9. The first-order chi connectivity index (χ1) is 22.4. The summed E-state index contributed by atoms with van der Waals surface area (Å²) in [6.45, 7) is 13.8. The van der Waals surface area contributed by atoms with Crippen molar-refractivity contribution < 1.29 is 23.9 Å². The van der Waals surface area contributed by atoms with E-state index in [9.17, 15) is 19.7 Å². The Labute approximate surface area is 283 Å². The lowest BCUT2D eigenvalue weighted by Crippen LogP contribution is -2.65. The summed E-state index contributed by atoms with van der Waals surface area (Å²) in [7, 11) is -0.537. The van der Waals surface area contributed by atoms with Gasteiger partial charge in [0.15, 0.2) is 5.03 Å². The van der Waals surface area contributed by atoms with Crippen LogP contribution in [0.5, 0.6) is 0 Å². The second-order valence-electron chi connectivity index (χ2n) is 15.8. The van der Waals surface area contributed by atoms with Gasteiger partial charge in [0, 0.05) is 6.42 Å². The predicted molar refractivity (Wildman–Crippen MR) is 183 cm³/mol. The first-order valence-electron chi connectivity index (χ1n) is 18.7. The number of hydrogen-bond donors (Lipinski definition) is 4. The summed E-state index contributed by atoms with van der Waals surface area (Å²) in [6.07, 6.45) is 15.6. The number of unbranched alkanes of at least 4 members (excludes halogenated alkanes) is 9. The van der Waals surface area contributed by atoms with Crippen LogP contribution in [0.2, 0.25) is 0 Å². The molecule has 2 saturated heterocycles. The topological polar surface area (TPSA) is 157 Å². The van der Waals surface area contributed by atoms with Crippen molar-refractivity contribution in [2.75, 3.05) is 6.54 Å². The summed E-state index contributed by atoms with van der Waals surface area (Å²) in [5.41, 5.74) is 2.48. The van der Waals surface area contributed by atoms with E-state index in [1.807, 2.05) is 0 Å². The summed E-state index contributed by atoms with van der Waals surface area (Å²) in [5, 5.41) is 20.6. The molecule has 7 atom stereocenters. The van der Waals surface area contributed by atoms with Crippen LogP contribution in [0.15, 0.2) is 0 Å². The summed E-state index contributed by atoms with van der Waals surface area (Å²) >= 11 is 0. The highest BCUT2D eigenvalue weighted by Crippen LogP contribution is 2.65. The average Bonchev–Trinajstić information content (AvgIpc) is 3.70. The van der Waals surface area contributed by atoms with Gasteiger partial charge in [-0.25, -0.2) is 10.1 Å². The second kappa shape index (κ2) is 17.1. The molecule has 0 aromatic rings. The van der Waals surface area contributed by atoms with Crippen molar-refractivity contribution in [3.05, 3.63) is 10.1 Å². The number of hydrazine groups is 2. The Balaban J connectivity index is 1.29. The molecule has 5 aliphatic rings. The molecule has 0 aromatic carbocycles. The maximum atomic E-state index is 13.9. The quantitative estimate of drug-likeness (QED) is 0.0378. The lowest BCUT2D eigenvalue weighted by molar-refractivity contribution is -0.627. The fourth-order valence-electron chi connectivity index (χ4n) is 8.32. The SMILES string of the molecule is CCCCCCCCCCCCC(=O)N[C@@H](CCCNC1NN1[N+](=O)[O-])C(=O)N[C@@H](CC(C)C)B1O[C@@H]2C[C@@H]3C[C@@H](C3(C)C)[C@]2(C)O1. The molecular weight excluding hydrogens is 599 g/mol. The van der Waals surface area contributed by atoms with Crippen LogP contribution in [-0.2, 0) is 18.9 Å². The zero-order valence-electron chi connectivity index (χ0n) is 30.0. The molecule has 0 aromatic heterocycles. The van der Waals surface area contributed by atoms with Gasteiger partial charge in [-0.05, 0) is 80.3 Å². The van der Waals surface area contributed by atoms with E-state index in [-0.39, 0.29) is 34.9 Å². The normalized spacial score (nSPS) is 28.4. The van der Waals surface area contributed by atoms with Gasteiger partial charge in [-0.1, -0.05) is 92.4 Å². The van der Waals surface area contributed by atoms with Gasteiger partial charge >= 0.3 is 7.12 Å². The summed E-state index contributed by atoms with van der Waals surface area (Å²) in [4.78, 5) is 37.8. The van der Waals surface area contributed by atoms with Gasteiger partial charge in [0.25, 0.3) is 0 Å². The standard InChI is InChI=1S/C34H63BN6O6/c1-7-8-9-10-11-12-13-14-15-16-19-30(42)37-26(18-17-20-36-32-39-40(32)41(44)45)31(43)38-29(21-24(2)3)35-46-28-23-25-22-27(33(25,4)5)34(28,6)47-35/h24-29,32,36,39H,7-23H2,1-6H3,(H,37,42)(H,38,43)/t25-,26-,27-,28+,29-,32?,34-,40?/m0/s1. The smallest absolute Gasteiger partial charge is 0.404 e. The number of carbonyl (C=O) groups is 2. The van der Waals surface area contributed by atoms with Crippen LogP contribution >= 0.6 is 0 Å². The van der Waals surface area contributed by atoms with E-state index in [0.717, 1.165) is 37.2 Å². The fraction of sp³-hybridized carbons (Fsp3) is 0.941. The molecule has 1 unspecified atom stereocenters. The van der Waals surface area contributed by atoms with Crippen LogP contribution in [0.3, 0.4) is 0 Å². The van der Waals surface area contributed by atoms with Crippen LogP contribution < -0.4 is 21.4 Å². The van der Waals surface area contributed by atoms with E-state index in [2.05, 4.69) is 62.9 Å². The van der Waals surface area contributed by atoms with Gasteiger partial charge < -0.3 is 19.9 Å². The van der Waals surface area contributed by atoms with Crippen LogP contribution in [0.25, 0.3) is 0 Å². The van der Waals surface area contributed by atoms with Crippen molar-refractivity contribution in [1.29, 1.82) is 0 Å². The van der Waals surface area contributed by atoms with Gasteiger partial charge in [0.1, 0.15) is 6.04 Å². The van der Waals surface area contributed by atoms with E-state index >= 15 is 0 Å². The molecule has 3 saturated carbocycles. The minimum atomic E-state index is -0.716. The predicted octanol–water partition coefficient (Wildman–Crippen LogP) is 5.25. The van der Waals surface area contributed by atoms with Crippen LogP contribution in [0.1, 0.15) is 144 Å². The van der Waals surface area contributed by atoms with Gasteiger partial charge in [0.2, 0.25) is 18.1 Å². The summed E-state index contributed by atoms with van der Waals surface area (Å²) in [5.74, 6) is 0.678. The van der Waals surface area contributed by atoms with Crippen LogP contribution in [-0.4, -0.2) is 65.6 Å². The number of amides is 2. The third kappa shape index (κ3) is 10.0. The molecule has 3 aliphatic carbocycles. The monoisotopic (exact) mass is 662 g/mol. The molecule has 13 heteroatoms. The molecule has 0 radical (unpaired) electrons. The zero-order valence-corrected chi connectivity index (χ0v) is 30.0. The maximum Gasteiger partial charge on any atom is 0.481 e. The Hall–Kier alpha value is -1.96. The van der Waals surface area contributed by atoms with Crippen molar-refractivity contribution in [1.82, 2.24) is 26.5 Å². The molecule has 47 heavy (non-hydrogen) atoms. The summed E-state index contributed by atoms with van der Waals surface area (Å²) in [6, 6.07) is -0.716. The van der Waals surface area contributed by atoms with E-state index in [4.69, 9.17) is 9.31 Å². The van der Waals surface area contributed by atoms with Crippen molar-refractivity contribution in [2.24, 2.45) is 23.2 Å². The molecule has 268 valence electrons. The van der Waals surface area contributed by atoms with Crippen molar-refractivity contribution in [2.45, 2.75) is 174 Å². The number of rotatable bonds is 23. The molecular formula is C34H63BN6O6. The zero-order chi connectivity index (χ0) is 34.2. The summed E-state index contributed by atoms with van der Waals surface area (Å²) < 4.78 is 13.3. The Morgan fingerprint density at radius 1 is 1.00 bits per heavy atom. The number of nitro groups is 1. The Bertz CT molecular complexity index is 1050. The largest absolute Gasteiger partial charge is 0.481 e. The molecule has 4 N–H and O–H groups in total. The van der Waals surface area contributed by atoms with Crippen molar-refractivity contribution in [3.63, 3.8) is 0 Å². The molecule has 2 heterocycles. The Kier molecular flexibility index (Phi) is 13.8. The third-order valence-electron chi connectivity index (χ3n) is 11.4. The molecule has 5 fully saturated rings. The van der Waals surface area contributed by atoms with E-state index in [1.165, 1.54) is 44.9 Å². The second-order valence-corrected chi connectivity index (χ2v) is 15.8. The van der Waals surface area contributed by atoms with Gasteiger partial charge in [-0.15, -0.1) is 5.43 Å². The first-order valence-corrected chi connectivity index (χ1v) is 18.7. The van der Waals surface area contributed by atoms with Gasteiger partial charge in [0.05, 0.1) is 17.6 Å². The highest BCUT2D eigenvalue weighted by Gasteiger charge is 2.68. The van der Waals surface area contributed by atoms with E-state index < -0.39 is 24.5 Å².